The highest BCUT2D eigenvalue weighted by Crippen LogP contribution is 2.29. The first-order valence-corrected chi connectivity index (χ1v) is 8.78. The normalized spacial score (nSPS) is 14.5. The third-order valence-corrected chi connectivity index (χ3v) is 4.80. The van der Waals surface area contributed by atoms with Crippen LogP contribution in [0.3, 0.4) is 0 Å². The van der Waals surface area contributed by atoms with E-state index >= 15 is 0 Å². The van der Waals surface area contributed by atoms with E-state index in [1.165, 1.54) is 18.9 Å². The van der Waals surface area contributed by atoms with E-state index in [1.54, 1.807) is 10.6 Å². The second kappa shape index (κ2) is 6.84. The van der Waals surface area contributed by atoms with Gasteiger partial charge in [0.25, 0.3) is 0 Å². The molecule has 0 saturated heterocycles. The minimum Gasteiger partial charge on any atom is -0.408 e. The van der Waals surface area contributed by atoms with E-state index in [0.29, 0.717) is 24.7 Å². The predicted octanol–water partition coefficient (Wildman–Crippen LogP) is 3.79. The third-order valence-electron chi connectivity index (χ3n) is 4.80. The smallest absolute Gasteiger partial charge is 0.408 e. The number of aryl methyl sites for hydroxylation is 1. The average molecular weight is 340 g/mol. The van der Waals surface area contributed by atoms with Crippen LogP contribution < -0.4 is 5.76 Å². The molecule has 3 aromatic rings. The molecule has 5 heteroatoms. The molecule has 1 aromatic heterocycles. The number of rotatable bonds is 7. The maximum Gasteiger partial charge on any atom is 0.419 e. The van der Waals surface area contributed by atoms with Gasteiger partial charge in [0.1, 0.15) is 5.82 Å². The van der Waals surface area contributed by atoms with Gasteiger partial charge >= 0.3 is 5.76 Å². The maximum atomic E-state index is 13.9. The second-order valence-corrected chi connectivity index (χ2v) is 6.63. The van der Waals surface area contributed by atoms with Crippen LogP contribution in [0.25, 0.3) is 11.1 Å². The molecular formula is C20H21FN2O2. The lowest BCUT2D eigenvalue weighted by atomic mass is 10.2. The molecule has 0 aliphatic heterocycles. The van der Waals surface area contributed by atoms with Gasteiger partial charge in [-0.3, -0.25) is 9.47 Å². The van der Waals surface area contributed by atoms with Crippen LogP contribution in [0.5, 0.6) is 0 Å². The van der Waals surface area contributed by atoms with E-state index in [-0.39, 0.29) is 11.6 Å². The van der Waals surface area contributed by atoms with Crippen LogP contribution in [0.4, 0.5) is 4.39 Å². The molecule has 1 aliphatic carbocycles. The van der Waals surface area contributed by atoms with Gasteiger partial charge in [0, 0.05) is 31.2 Å². The summed E-state index contributed by atoms with van der Waals surface area (Å²) in [7, 11) is 0. The monoisotopic (exact) mass is 340 g/mol. The molecule has 4 rings (SSSR count). The van der Waals surface area contributed by atoms with Crippen molar-refractivity contribution in [2.45, 2.75) is 38.4 Å². The van der Waals surface area contributed by atoms with Crippen LogP contribution >= 0.6 is 0 Å². The Hall–Kier alpha value is -2.40. The molecule has 0 spiro atoms. The quantitative estimate of drug-likeness (QED) is 0.657. The van der Waals surface area contributed by atoms with E-state index in [2.05, 4.69) is 4.90 Å². The average Bonchev–Trinajstić information content (AvgIpc) is 3.40. The fourth-order valence-electron chi connectivity index (χ4n) is 3.33. The minimum absolute atomic E-state index is 0.148. The molecule has 0 radical (unpaired) electrons. The first-order chi connectivity index (χ1) is 12.2. The lowest BCUT2D eigenvalue weighted by Gasteiger charge is -2.22. The highest BCUT2D eigenvalue weighted by Gasteiger charge is 2.29. The Kier molecular flexibility index (Phi) is 4.40. The Morgan fingerprint density at radius 3 is 2.68 bits per heavy atom. The predicted molar refractivity (Wildman–Crippen MR) is 94.9 cm³/mol. The molecule has 0 unspecified atom stereocenters. The van der Waals surface area contributed by atoms with Crippen molar-refractivity contribution in [3.63, 3.8) is 0 Å². The van der Waals surface area contributed by atoms with Crippen molar-refractivity contribution in [1.82, 2.24) is 9.47 Å². The maximum absolute atomic E-state index is 13.9. The molecule has 0 bridgehead atoms. The fraction of sp³-hybridized carbons (Fsp3) is 0.350. The Bertz CT molecular complexity index is 927. The summed E-state index contributed by atoms with van der Waals surface area (Å²) in [5.41, 5.74) is 2.19. The van der Waals surface area contributed by atoms with Crippen molar-refractivity contribution in [2.24, 2.45) is 0 Å². The highest BCUT2D eigenvalue weighted by atomic mass is 19.1. The zero-order valence-electron chi connectivity index (χ0n) is 14.0. The second-order valence-electron chi connectivity index (χ2n) is 6.63. The molecule has 0 amide bonds. The lowest BCUT2D eigenvalue weighted by molar-refractivity contribution is 0.243. The summed E-state index contributed by atoms with van der Waals surface area (Å²) >= 11 is 0. The third kappa shape index (κ3) is 3.51. The summed E-state index contributed by atoms with van der Waals surface area (Å²) in [4.78, 5) is 14.4. The molecule has 0 atom stereocenters. The van der Waals surface area contributed by atoms with Crippen molar-refractivity contribution in [1.29, 1.82) is 0 Å². The first-order valence-electron chi connectivity index (χ1n) is 8.78. The topological polar surface area (TPSA) is 38.4 Å². The Balaban J connectivity index is 1.43. The Morgan fingerprint density at radius 2 is 1.88 bits per heavy atom. The van der Waals surface area contributed by atoms with E-state index in [0.717, 1.165) is 24.0 Å². The molecule has 1 saturated carbocycles. The number of fused-ring (bicyclic) bond motifs is 1. The molecular weight excluding hydrogens is 319 g/mol. The zero-order chi connectivity index (χ0) is 17.2. The number of benzene rings is 2. The molecule has 0 N–H and O–H groups in total. The zero-order valence-corrected chi connectivity index (χ0v) is 14.0. The van der Waals surface area contributed by atoms with Crippen LogP contribution in [0, 0.1) is 5.82 Å². The summed E-state index contributed by atoms with van der Waals surface area (Å²) in [6, 6.07) is 15.0. The molecule has 130 valence electrons. The van der Waals surface area contributed by atoms with Crippen LogP contribution in [0.15, 0.2) is 57.7 Å². The Labute approximate surface area is 145 Å². The van der Waals surface area contributed by atoms with Crippen molar-refractivity contribution < 1.29 is 8.81 Å². The largest absolute Gasteiger partial charge is 0.419 e. The molecule has 1 fully saturated rings. The summed E-state index contributed by atoms with van der Waals surface area (Å²) < 4.78 is 20.9. The van der Waals surface area contributed by atoms with Gasteiger partial charge in [-0.05, 0) is 37.5 Å². The number of nitrogens with zero attached hydrogens (tertiary/aromatic N) is 2. The van der Waals surface area contributed by atoms with E-state index < -0.39 is 0 Å². The summed E-state index contributed by atoms with van der Waals surface area (Å²) in [6.07, 6.45) is 3.17. The number of halogens is 1. The van der Waals surface area contributed by atoms with Gasteiger partial charge in [0.15, 0.2) is 5.58 Å². The summed E-state index contributed by atoms with van der Waals surface area (Å²) in [6.45, 7) is 2.07. The summed E-state index contributed by atoms with van der Waals surface area (Å²) in [5, 5.41) is 0. The van der Waals surface area contributed by atoms with Crippen LogP contribution in [-0.2, 0) is 13.1 Å². The first kappa shape index (κ1) is 16.1. The van der Waals surface area contributed by atoms with E-state index in [9.17, 15) is 9.18 Å². The number of aromatic nitrogens is 1. The lowest BCUT2D eigenvalue weighted by Crippen LogP contribution is -2.28. The molecule has 1 heterocycles. The van der Waals surface area contributed by atoms with Gasteiger partial charge in [-0.1, -0.05) is 30.3 Å². The van der Waals surface area contributed by atoms with Crippen molar-refractivity contribution in [2.75, 3.05) is 6.54 Å². The van der Waals surface area contributed by atoms with Crippen LogP contribution in [0.2, 0.25) is 0 Å². The van der Waals surface area contributed by atoms with Gasteiger partial charge < -0.3 is 4.42 Å². The number of oxazole rings is 1. The van der Waals surface area contributed by atoms with E-state index in [4.69, 9.17) is 4.42 Å². The standard InChI is InChI=1S/C20H21FN2O2/c21-17-7-2-1-6-15(17)14-22(16-10-11-16)12-5-13-23-18-8-3-4-9-19(18)25-20(23)24/h1-4,6-9,16H,5,10-14H2. The van der Waals surface area contributed by atoms with Crippen LogP contribution in [0.1, 0.15) is 24.8 Å². The Morgan fingerprint density at radius 1 is 1.12 bits per heavy atom. The number of hydrogen-bond acceptors (Lipinski definition) is 3. The molecule has 1 aliphatic rings. The van der Waals surface area contributed by atoms with Crippen molar-refractivity contribution >= 4 is 11.1 Å². The highest BCUT2D eigenvalue weighted by molar-refractivity contribution is 5.72. The van der Waals surface area contributed by atoms with Crippen molar-refractivity contribution in [3.8, 4) is 0 Å². The van der Waals surface area contributed by atoms with Crippen LogP contribution in [-0.4, -0.2) is 22.1 Å². The SMILES string of the molecule is O=c1oc2ccccc2n1CCCN(Cc1ccccc1F)C1CC1. The van der Waals surface area contributed by atoms with Crippen molar-refractivity contribution in [3.05, 3.63) is 70.5 Å². The van der Waals surface area contributed by atoms with Gasteiger partial charge in [-0.25, -0.2) is 9.18 Å². The fourth-order valence-corrected chi connectivity index (χ4v) is 3.33. The molecule has 4 nitrogen and oxygen atoms in total. The number of para-hydroxylation sites is 2. The number of hydrogen-bond donors (Lipinski definition) is 0. The van der Waals surface area contributed by atoms with Gasteiger partial charge in [0.05, 0.1) is 5.52 Å². The van der Waals surface area contributed by atoms with Gasteiger partial charge in [0.2, 0.25) is 0 Å². The van der Waals surface area contributed by atoms with Gasteiger partial charge in [-0.2, -0.15) is 0 Å². The van der Waals surface area contributed by atoms with Gasteiger partial charge in [-0.15, -0.1) is 0 Å². The van der Waals surface area contributed by atoms with E-state index in [1.807, 2.05) is 36.4 Å². The molecule has 2 aromatic carbocycles. The molecule has 25 heavy (non-hydrogen) atoms. The summed E-state index contributed by atoms with van der Waals surface area (Å²) in [5.74, 6) is -0.460. The minimum atomic E-state index is -0.312.